The molecule has 2 heterocycles. The molecule has 0 atom stereocenters. The molecule has 0 saturated carbocycles. The molecule has 0 saturated heterocycles. The smallest absolute Gasteiger partial charge is 0.261 e. The van der Waals surface area contributed by atoms with Crippen LogP contribution in [0, 0.1) is 0 Å². The highest BCUT2D eigenvalue weighted by atomic mass is 16.5. The molecule has 1 aromatic heterocycles. The first kappa shape index (κ1) is 16.0. The Balaban J connectivity index is 1.83. The van der Waals surface area contributed by atoms with Crippen molar-refractivity contribution in [2.75, 3.05) is 11.9 Å². The number of amides is 1. The van der Waals surface area contributed by atoms with Crippen molar-refractivity contribution in [3.8, 4) is 11.6 Å². The van der Waals surface area contributed by atoms with Crippen molar-refractivity contribution in [1.29, 1.82) is 0 Å². The van der Waals surface area contributed by atoms with E-state index in [1.165, 1.54) is 0 Å². The molecule has 0 radical (unpaired) electrons. The third kappa shape index (κ3) is 3.37. The number of hydrogen-bond acceptors (Lipinski definition) is 5. The van der Waals surface area contributed by atoms with Gasteiger partial charge in [0.1, 0.15) is 11.3 Å². The number of anilines is 1. The Morgan fingerprint density at radius 1 is 1.33 bits per heavy atom. The number of benzene rings is 1. The van der Waals surface area contributed by atoms with E-state index in [4.69, 9.17) is 9.47 Å². The predicted octanol–water partition coefficient (Wildman–Crippen LogP) is 3.09. The average molecular weight is 326 g/mol. The van der Waals surface area contributed by atoms with Gasteiger partial charge in [-0.3, -0.25) is 9.59 Å². The Morgan fingerprint density at radius 3 is 2.96 bits per heavy atom. The van der Waals surface area contributed by atoms with Gasteiger partial charge in [0.2, 0.25) is 5.88 Å². The predicted molar refractivity (Wildman–Crippen MR) is 88.8 cm³/mol. The lowest BCUT2D eigenvalue weighted by atomic mass is 10.0. The summed E-state index contributed by atoms with van der Waals surface area (Å²) < 4.78 is 11.0. The minimum absolute atomic E-state index is 0.0116. The van der Waals surface area contributed by atoms with Crippen molar-refractivity contribution in [2.45, 2.75) is 26.4 Å². The summed E-state index contributed by atoms with van der Waals surface area (Å²) in [4.78, 5) is 28.6. The van der Waals surface area contributed by atoms with Crippen molar-refractivity contribution in [2.24, 2.45) is 0 Å². The highest BCUT2D eigenvalue weighted by Gasteiger charge is 2.20. The standard InChI is InChI=1S/C18H18N2O4/c1-11(2)24-18-13(4-3-8-19-18)17(22)20-12-5-6-16-14(10-12)15(21)7-9-23-16/h3-6,8,10-11H,7,9H2,1-2H3,(H,20,22). The summed E-state index contributed by atoms with van der Waals surface area (Å²) >= 11 is 0. The quantitative estimate of drug-likeness (QED) is 0.934. The van der Waals surface area contributed by atoms with Crippen LogP contribution in [0.4, 0.5) is 5.69 Å². The van der Waals surface area contributed by atoms with Gasteiger partial charge in [-0.15, -0.1) is 0 Å². The van der Waals surface area contributed by atoms with E-state index in [2.05, 4.69) is 10.3 Å². The number of nitrogens with zero attached hydrogens (tertiary/aromatic N) is 1. The average Bonchev–Trinajstić information content (AvgIpc) is 2.55. The summed E-state index contributed by atoms with van der Waals surface area (Å²) in [5.74, 6) is 0.497. The van der Waals surface area contributed by atoms with Crippen molar-refractivity contribution < 1.29 is 19.1 Å². The maximum absolute atomic E-state index is 12.5. The van der Waals surface area contributed by atoms with Crippen molar-refractivity contribution in [1.82, 2.24) is 4.98 Å². The maximum Gasteiger partial charge on any atom is 0.261 e. The molecule has 124 valence electrons. The van der Waals surface area contributed by atoms with Gasteiger partial charge in [-0.1, -0.05) is 0 Å². The maximum atomic E-state index is 12.5. The number of ether oxygens (including phenoxy) is 2. The van der Waals surface area contributed by atoms with E-state index in [-0.39, 0.29) is 23.7 Å². The van der Waals surface area contributed by atoms with E-state index < -0.39 is 0 Å². The molecule has 0 aliphatic carbocycles. The van der Waals surface area contributed by atoms with Gasteiger partial charge in [0, 0.05) is 18.3 Å². The fourth-order valence-electron chi connectivity index (χ4n) is 2.42. The van der Waals surface area contributed by atoms with Crippen LogP contribution in [-0.4, -0.2) is 29.4 Å². The molecule has 2 aromatic rings. The van der Waals surface area contributed by atoms with E-state index >= 15 is 0 Å². The first-order valence-electron chi connectivity index (χ1n) is 7.77. The molecule has 1 aliphatic rings. The molecule has 24 heavy (non-hydrogen) atoms. The second kappa shape index (κ2) is 6.70. The molecule has 3 rings (SSSR count). The molecule has 0 bridgehead atoms. The van der Waals surface area contributed by atoms with E-state index in [1.807, 2.05) is 13.8 Å². The largest absolute Gasteiger partial charge is 0.492 e. The number of fused-ring (bicyclic) bond motifs is 1. The van der Waals surface area contributed by atoms with E-state index in [0.29, 0.717) is 35.6 Å². The molecule has 0 spiro atoms. The second-order valence-electron chi connectivity index (χ2n) is 5.71. The van der Waals surface area contributed by atoms with E-state index in [9.17, 15) is 9.59 Å². The molecule has 1 amide bonds. The highest BCUT2D eigenvalue weighted by molar-refractivity contribution is 6.07. The number of nitrogens with one attached hydrogen (secondary N) is 1. The Bertz CT molecular complexity index is 786. The van der Waals surface area contributed by atoms with E-state index in [1.54, 1.807) is 36.5 Å². The number of Topliss-reactive ketones (excluding diaryl/α,β-unsaturated/α-hetero) is 1. The van der Waals surface area contributed by atoms with Gasteiger partial charge in [0.25, 0.3) is 5.91 Å². The van der Waals surface area contributed by atoms with Crippen LogP contribution in [0.2, 0.25) is 0 Å². The van der Waals surface area contributed by atoms with Crippen LogP contribution in [0.1, 0.15) is 41.0 Å². The molecule has 6 nitrogen and oxygen atoms in total. The van der Waals surface area contributed by atoms with E-state index in [0.717, 1.165) is 0 Å². The van der Waals surface area contributed by atoms with Gasteiger partial charge in [-0.2, -0.15) is 0 Å². The summed E-state index contributed by atoms with van der Waals surface area (Å²) in [5.41, 5.74) is 1.35. The Hall–Kier alpha value is -2.89. The summed E-state index contributed by atoms with van der Waals surface area (Å²) in [6, 6.07) is 8.35. The zero-order valence-electron chi connectivity index (χ0n) is 13.5. The first-order chi connectivity index (χ1) is 11.5. The molecule has 1 aromatic carbocycles. The van der Waals surface area contributed by atoms with Crippen LogP contribution in [-0.2, 0) is 0 Å². The number of carbonyl (C=O) groups is 2. The van der Waals surface area contributed by atoms with Gasteiger partial charge >= 0.3 is 0 Å². The lowest BCUT2D eigenvalue weighted by Crippen LogP contribution is -2.18. The van der Waals surface area contributed by atoms with Crippen LogP contribution < -0.4 is 14.8 Å². The lowest BCUT2D eigenvalue weighted by Gasteiger charge is -2.17. The fraction of sp³-hybridized carbons (Fsp3) is 0.278. The van der Waals surface area contributed by atoms with Gasteiger partial charge in [0.15, 0.2) is 5.78 Å². The topological polar surface area (TPSA) is 77.5 Å². The normalized spacial score (nSPS) is 13.2. The SMILES string of the molecule is CC(C)Oc1ncccc1C(=O)Nc1ccc2c(c1)C(=O)CCO2. The number of ketones is 1. The first-order valence-corrected chi connectivity index (χ1v) is 7.77. The van der Waals surface area contributed by atoms with Gasteiger partial charge in [-0.05, 0) is 44.2 Å². The minimum Gasteiger partial charge on any atom is -0.492 e. The molecule has 0 fully saturated rings. The molecule has 6 heteroatoms. The van der Waals surface area contributed by atoms with Crippen molar-refractivity contribution >= 4 is 17.4 Å². The Kier molecular flexibility index (Phi) is 4.46. The number of pyridine rings is 1. The number of aromatic nitrogens is 1. The third-order valence-electron chi connectivity index (χ3n) is 3.49. The number of rotatable bonds is 4. The van der Waals surface area contributed by atoms with Gasteiger partial charge in [0.05, 0.1) is 18.3 Å². The molecule has 0 unspecified atom stereocenters. The van der Waals surface area contributed by atoms with Gasteiger partial charge in [-0.25, -0.2) is 4.98 Å². The van der Waals surface area contributed by atoms with Crippen molar-refractivity contribution in [3.63, 3.8) is 0 Å². The summed E-state index contributed by atoms with van der Waals surface area (Å²) in [5, 5.41) is 2.78. The van der Waals surface area contributed by atoms with Crippen LogP contribution in [0.3, 0.4) is 0 Å². The summed E-state index contributed by atoms with van der Waals surface area (Å²) in [7, 11) is 0. The van der Waals surface area contributed by atoms with Crippen LogP contribution in [0.15, 0.2) is 36.5 Å². The second-order valence-corrected chi connectivity index (χ2v) is 5.71. The zero-order valence-corrected chi connectivity index (χ0v) is 13.5. The Labute approximate surface area is 139 Å². The summed E-state index contributed by atoms with van der Waals surface area (Å²) in [6.45, 7) is 4.13. The molecule has 1 N–H and O–H groups in total. The van der Waals surface area contributed by atoms with Crippen LogP contribution >= 0.6 is 0 Å². The Morgan fingerprint density at radius 2 is 2.17 bits per heavy atom. The third-order valence-corrected chi connectivity index (χ3v) is 3.49. The van der Waals surface area contributed by atoms with Crippen LogP contribution in [0.25, 0.3) is 0 Å². The summed E-state index contributed by atoms with van der Waals surface area (Å²) in [6.07, 6.45) is 1.83. The molecular weight excluding hydrogens is 308 g/mol. The number of hydrogen-bond donors (Lipinski definition) is 1. The monoisotopic (exact) mass is 326 g/mol. The van der Waals surface area contributed by atoms with Gasteiger partial charge < -0.3 is 14.8 Å². The van der Waals surface area contributed by atoms with Crippen LogP contribution in [0.5, 0.6) is 11.6 Å². The molecule has 1 aliphatic heterocycles. The fourth-order valence-corrected chi connectivity index (χ4v) is 2.42. The highest BCUT2D eigenvalue weighted by Crippen LogP contribution is 2.28. The molecular formula is C18H18N2O4. The minimum atomic E-state index is -0.345. The zero-order chi connectivity index (χ0) is 17.1. The van der Waals surface area contributed by atoms with Crippen molar-refractivity contribution in [3.05, 3.63) is 47.7 Å². The number of carbonyl (C=O) groups excluding carboxylic acids is 2. The lowest BCUT2D eigenvalue weighted by molar-refractivity contribution is 0.0932.